The van der Waals surface area contributed by atoms with Gasteiger partial charge in [-0.25, -0.2) is 0 Å². The van der Waals surface area contributed by atoms with Crippen molar-refractivity contribution in [3.63, 3.8) is 0 Å². The number of allylic oxidation sites excluding steroid dienone is 14. The van der Waals surface area contributed by atoms with Gasteiger partial charge in [0, 0.05) is 6.42 Å². The van der Waals surface area contributed by atoms with Crippen LogP contribution in [-0.4, -0.2) is 87.5 Å². The summed E-state index contributed by atoms with van der Waals surface area (Å²) in [6.45, 7) is 3.74. The fraction of sp³-hybridized carbons (Fsp3) is 0.773. The molecule has 1 rings (SSSR count). The van der Waals surface area contributed by atoms with Crippen LogP contribution in [-0.2, 0) is 14.3 Å². The third-order valence-corrected chi connectivity index (χ3v) is 14.5. The summed E-state index contributed by atoms with van der Waals surface area (Å²) < 4.78 is 11.3. The van der Waals surface area contributed by atoms with Gasteiger partial charge in [-0.2, -0.15) is 0 Å². The van der Waals surface area contributed by atoms with E-state index in [9.17, 15) is 30.3 Å². The van der Waals surface area contributed by atoms with E-state index in [1.807, 2.05) is 0 Å². The lowest BCUT2D eigenvalue weighted by Crippen LogP contribution is -2.60. The summed E-state index contributed by atoms with van der Waals surface area (Å²) in [4.78, 5) is 13.1. The molecule has 434 valence electrons. The summed E-state index contributed by atoms with van der Waals surface area (Å²) in [7, 11) is 0. The predicted octanol–water partition coefficient (Wildman–Crippen LogP) is 16.2. The minimum atomic E-state index is -1.56. The van der Waals surface area contributed by atoms with Crippen LogP contribution in [0.5, 0.6) is 0 Å². The molecule has 0 aromatic rings. The maximum absolute atomic E-state index is 13.1. The van der Waals surface area contributed by atoms with Crippen LogP contribution in [0.4, 0.5) is 0 Å². The molecule has 0 aromatic heterocycles. The number of carbonyl (C=O) groups is 1. The molecule has 0 aromatic carbocycles. The lowest BCUT2D eigenvalue weighted by atomic mass is 9.99. The summed E-state index contributed by atoms with van der Waals surface area (Å²) in [6, 6.07) is -0.726. The first kappa shape index (κ1) is 70.4. The molecule has 75 heavy (non-hydrogen) atoms. The molecular formula is C66H117NO8. The molecule has 1 aliphatic heterocycles. The number of amides is 1. The number of ether oxygens (including phenoxy) is 2. The van der Waals surface area contributed by atoms with E-state index in [1.165, 1.54) is 154 Å². The van der Waals surface area contributed by atoms with Crippen LogP contribution in [0, 0.1) is 0 Å². The van der Waals surface area contributed by atoms with Crippen LogP contribution >= 0.6 is 0 Å². The molecule has 0 bridgehead atoms. The Morgan fingerprint density at radius 3 is 1.23 bits per heavy atom. The van der Waals surface area contributed by atoms with Crippen molar-refractivity contribution in [1.29, 1.82) is 0 Å². The summed E-state index contributed by atoms with van der Waals surface area (Å²) in [6.07, 6.45) is 70.4. The van der Waals surface area contributed by atoms with E-state index in [4.69, 9.17) is 9.47 Å². The minimum Gasteiger partial charge on any atom is -0.394 e. The van der Waals surface area contributed by atoms with Crippen LogP contribution in [0.1, 0.15) is 271 Å². The molecule has 0 spiro atoms. The van der Waals surface area contributed by atoms with Crippen molar-refractivity contribution in [2.75, 3.05) is 13.2 Å². The topological polar surface area (TPSA) is 149 Å². The van der Waals surface area contributed by atoms with E-state index in [0.717, 1.165) is 89.9 Å². The Morgan fingerprint density at radius 1 is 0.467 bits per heavy atom. The van der Waals surface area contributed by atoms with Gasteiger partial charge in [0.05, 0.1) is 25.4 Å². The maximum Gasteiger partial charge on any atom is 0.220 e. The normalized spacial score (nSPS) is 19.5. The molecule has 9 nitrogen and oxygen atoms in total. The molecule has 1 amide bonds. The number of hydrogen-bond donors (Lipinski definition) is 6. The Balaban J connectivity index is 2.16. The van der Waals surface area contributed by atoms with Gasteiger partial charge in [0.15, 0.2) is 6.29 Å². The summed E-state index contributed by atoms with van der Waals surface area (Å²) in [5.41, 5.74) is 0. The van der Waals surface area contributed by atoms with E-state index in [2.05, 4.69) is 104 Å². The molecular weight excluding hydrogens is 935 g/mol. The van der Waals surface area contributed by atoms with Crippen LogP contribution in [0.15, 0.2) is 85.1 Å². The van der Waals surface area contributed by atoms with E-state index < -0.39 is 49.5 Å². The van der Waals surface area contributed by atoms with Gasteiger partial charge in [0.1, 0.15) is 24.4 Å². The maximum atomic E-state index is 13.1. The van der Waals surface area contributed by atoms with E-state index in [0.29, 0.717) is 12.8 Å². The SMILES string of the molecule is CC/C=C\C/C=C\C/C=C\C/C=C\C/C=C\C/C=C\C/C=C\CCCCCCCCCCCCCC(=O)NC(COC1OC(CO)C(O)C(O)C1O)C(O)CCCCCCCCCCCCCCCCCCCCC. The van der Waals surface area contributed by atoms with Crippen molar-refractivity contribution in [2.24, 2.45) is 0 Å². The second-order valence-electron chi connectivity index (χ2n) is 21.5. The second kappa shape index (κ2) is 54.7. The monoisotopic (exact) mass is 1050 g/mol. The van der Waals surface area contributed by atoms with Crippen LogP contribution < -0.4 is 5.32 Å². The molecule has 0 radical (unpaired) electrons. The number of rotatable bonds is 53. The minimum absolute atomic E-state index is 0.141. The van der Waals surface area contributed by atoms with Crippen molar-refractivity contribution in [3.8, 4) is 0 Å². The van der Waals surface area contributed by atoms with Gasteiger partial charge in [-0.1, -0.05) is 279 Å². The average molecular weight is 1050 g/mol. The fourth-order valence-electron chi connectivity index (χ4n) is 9.61. The third-order valence-electron chi connectivity index (χ3n) is 14.5. The molecule has 1 saturated heterocycles. The molecule has 1 heterocycles. The van der Waals surface area contributed by atoms with Gasteiger partial charge in [-0.05, 0) is 70.6 Å². The third kappa shape index (κ3) is 44.0. The number of unbranched alkanes of at least 4 members (excludes halogenated alkanes) is 29. The van der Waals surface area contributed by atoms with E-state index in [1.54, 1.807) is 0 Å². The number of nitrogens with one attached hydrogen (secondary N) is 1. The fourth-order valence-corrected chi connectivity index (χ4v) is 9.61. The first-order valence-corrected chi connectivity index (χ1v) is 31.3. The highest BCUT2D eigenvalue weighted by molar-refractivity contribution is 5.76. The predicted molar refractivity (Wildman–Crippen MR) is 318 cm³/mol. The Morgan fingerprint density at radius 2 is 0.827 bits per heavy atom. The van der Waals surface area contributed by atoms with Gasteiger partial charge in [-0.3, -0.25) is 4.79 Å². The van der Waals surface area contributed by atoms with Gasteiger partial charge >= 0.3 is 0 Å². The number of aliphatic hydroxyl groups is 5. The van der Waals surface area contributed by atoms with Gasteiger partial charge < -0.3 is 40.3 Å². The van der Waals surface area contributed by atoms with Crippen molar-refractivity contribution in [2.45, 2.75) is 314 Å². The van der Waals surface area contributed by atoms with E-state index in [-0.39, 0.29) is 12.5 Å². The smallest absolute Gasteiger partial charge is 0.220 e. The molecule has 6 N–H and O–H groups in total. The Hall–Kier alpha value is -2.63. The summed E-state index contributed by atoms with van der Waals surface area (Å²) >= 11 is 0. The van der Waals surface area contributed by atoms with Crippen LogP contribution in [0.2, 0.25) is 0 Å². The standard InChI is InChI=1S/C66H117NO8/c1-3-5-7-9-11-13-15-17-19-21-23-24-25-26-27-28-29-30-31-32-33-34-35-36-38-40-42-44-46-48-50-52-54-56-62(70)67-59(58-74-66-65(73)64(72)63(71)61(57-68)75-66)60(69)55-53-51-49-47-45-43-41-39-37-22-20-18-16-14-12-10-8-6-4-2/h5,7,11,13,17,19,23-24,26-27,29-30,32-33,59-61,63-66,68-69,71-73H,3-4,6,8-10,12,14-16,18,20-22,25,28,31,34-58H2,1-2H3,(H,67,70)/b7-5-,13-11-,19-17-,24-23-,27-26-,30-29-,33-32-. The molecule has 9 heteroatoms. The highest BCUT2D eigenvalue weighted by atomic mass is 16.7. The molecule has 0 saturated carbocycles. The first-order chi connectivity index (χ1) is 36.8. The Kier molecular flexibility index (Phi) is 51.3. The molecule has 7 unspecified atom stereocenters. The van der Waals surface area contributed by atoms with Gasteiger partial charge in [0.25, 0.3) is 0 Å². The van der Waals surface area contributed by atoms with Gasteiger partial charge in [0.2, 0.25) is 5.91 Å². The van der Waals surface area contributed by atoms with Crippen molar-refractivity contribution in [1.82, 2.24) is 5.32 Å². The first-order valence-electron chi connectivity index (χ1n) is 31.3. The molecule has 0 aliphatic carbocycles. The zero-order chi connectivity index (χ0) is 54.3. The number of carbonyl (C=O) groups excluding carboxylic acids is 1. The lowest BCUT2D eigenvalue weighted by Gasteiger charge is -2.40. The van der Waals surface area contributed by atoms with Crippen LogP contribution in [0.3, 0.4) is 0 Å². The van der Waals surface area contributed by atoms with Crippen LogP contribution in [0.25, 0.3) is 0 Å². The molecule has 1 aliphatic rings. The summed E-state index contributed by atoms with van der Waals surface area (Å²) in [5, 5.41) is 54.8. The zero-order valence-corrected chi connectivity index (χ0v) is 48.3. The number of hydrogen-bond acceptors (Lipinski definition) is 8. The highest BCUT2D eigenvalue weighted by Gasteiger charge is 2.44. The molecule has 7 atom stereocenters. The molecule has 1 fully saturated rings. The quantitative estimate of drug-likeness (QED) is 0.0261. The summed E-state index contributed by atoms with van der Waals surface area (Å²) in [5.74, 6) is -0.148. The largest absolute Gasteiger partial charge is 0.394 e. The average Bonchev–Trinajstić information content (AvgIpc) is 3.41. The lowest BCUT2D eigenvalue weighted by molar-refractivity contribution is -0.302. The van der Waals surface area contributed by atoms with Gasteiger partial charge in [-0.15, -0.1) is 0 Å². The van der Waals surface area contributed by atoms with Crippen molar-refractivity contribution in [3.05, 3.63) is 85.1 Å². The zero-order valence-electron chi connectivity index (χ0n) is 48.3. The number of aliphatic hydroxyl groups excluding tert-OH is 5. The van der Waals surface area contributed by atoms with Crippen molar-refractivity contribution >= 4 is 5.91 Å². The van der Waals surface area contributed by atoms with E-state index >= 15 is 0 Å². The highest BCUT2D eigenvalue weighted by Crippen LogP contribution is 2.23. The second-order valence-corrected chi connectivity index (χ2v) is 21.5. The van der Waals surface area contributed by atoms with Crippen molar-refractivity contribution < 1.29 is 39.8 Å². The Bertz CT molecular complexity index is 1450. The Labute approximate surface area is 461 Å².